The van der Waals surface area contributed by atoms with Crippen LogP contribution in [0.25, 0.3) is 0 Å². The van der Waals surface area contributed by atoms with Crippen LogP contribution in [-0.4, -0.2) is 42.8 Å². The van der Waals surface area contributed by atoms with Crippen LogP contribution in [0.2, 0.25) is 0 Å². The summed E-state index contributed by atoms with van der Waals surface area (Å²) in [7, 11) is 1.59. The highest BCUT2D eigenvalue weighted by molar-refractivity contribution is 5.45. The molecule has 2 N–H and O–H groups in total. The largest absolute Gasteiger partial charge is 0.504 e. The third-order valence-corrected chi connectivity index (χ3v) is 4.11. The van der Waals surface area contributed by atoms with Crippen LogP contribution >= 0.6 is 0 Å². The first kappa shape index (κ1) is 16.1. The molecule has 118 valence electrons. The number of nitrogens with one attached hydrogen (secondary N) is 1. The fraction of sp³-hybridized carbons (Fsp3) is 0.647. The van der Waals surface area contributed by atoms with E-state index in [9.17, 15) is 5.11 Å². The van der Waals surface area contributed by atoms with Gasteiger partial charge in [-0.3, -0.25) is 4.90 Å². The van der Waals surface area contributed by atoms with E-state index in [1.807, 2.05) is 12.1 Å². The van der Waals surface area contributed by atoms with Gasteiger partial charge in [-0.05, 0) is 37.9 Å². The molecule has 21 heavy (non-hydrogen) atoms. The Bertz CT molecular complexity index is 448. The first-order valence-corrected chi connectivity index (χ1v) is 7.90. The lowest BCUT2D eigenvalue weighted by Gasteiger charge is -2.33. The minimum atomic E-state index is 0.280. The Morgan fingerprint density at radius 3 is 2.95 bits per heavy atom. The number of phenolic OH excluding ortho intramolecular Hbond substituents is 1. The highest BCUT2D eigenvalue weighted by Crippen LogP contribution is 2.31. The fourth-order valence-electron chi connectivity index (χ4n) is 2.96. The van der Waals surface area contributed by atoms with Gasteiger partial charge in [0, 0.05) is 24.7 Å². The molecule has 0 saturated carbocycles. The maximum Gasteiger partial charge on any atom is 0.162 e. The quantitative estimate of drug-likeness (QED) is 0.846. The molecular weight excluding hydrogens is 264 g/mol. The summed E-state index contributed by atoms with van der Waals surface area (Å²) >= 11 is 0. The van der Waals surface area contributed by atoms with Crippen molar-refractivity contribution in [1.29, 1.82) is 0 Å². The Balaban J connectivity index is 1.93. The first-order chi connectivity index (χ1) is 10.1. The summed E-state index contributed by atoms with van der Waals surface area (Å²) < 4.78 is 5.18. The molecule has 4 heteroatoms. The minimum Gasteiger partial charge on any atom is -0.504 e. The Labute approximate surface area is 128 Å². The molecule has 1 atom stereocenters. The summed E-state index contributed by atoms with van der Waals surface area (Å²) in [4.78, 5) is 2.44. The van der Waals surface area contributed by atoms with E-state index < -0.39 is 0 Å². The van der Waals surface area contributed by atoms with E-state index in [2.05, 4.69) is 24.1 Å². The van der Waals surface area contributed by atoms with E-state index in [4.69, 9.17) is 4.74 Å². The van der Waals surface area contributed by atoms with Crippen LogP contribution in [-0.2, 0) is 6.54 Å². The SMILES string of the molecule is COc1cccc(CN2CCCC(CNC(C)C)C2)c1O. The number of likely N-dealkylation sites (tertiary alicyclic amines) is 1. The summed E-state index contributed by atoms with van der Waals surface area (Å²) in [6, 6.07) is 6.26. The van der Waals surface area contributed by atoms with Crippen LogP contribution in [0.5, 0.6) is 11.5 Å². The number of methoxy groups -OCH3 is 1. The van der Waals surface area contributed by atoms with Gasteiger partial charge in [-0.25, -0.2) is 0 Å². The molecule has 1 aliphatic heterocycles. The van der Waals surface area contributed by atoms with Gasteiger partial charge in [-0.2, -0.15) is 0 Å². The standard InChI is InChI=1S/C17H28N2O2/c1-13(2)18-10-14-6-5-9-19(11-14)12-15-7-4-8-16(21-3)17(15)20/h4,7-8,13-14,18,20H,5-6,9-12H2,1-3H3. The Morgan fingerprint density at radius 2 is 2.24 bits per heavy atom. The van der Waals surface area contributed by atoms with Gasteiger partial charge in [-0.1, -0.05) is 26.0 Å². The predicted molar refractivity (Wildman–Crippen MR) is 85.8 cm³/mol. The molecule has 1 fully saturated rings. The van der Waals surface area contributed by atoms with Gasteiger partial charge in [-0.15, -0.1) is 0 Å². The van der Waals surface area contributed by atoms with Gasteiger partial charge in [0.1, 0.15) is 0 Å². The Hall–Kier alpha value is -1.26. The number of piperidine rings is 1. The zero-order valence-electron chi connectivity index (χ0n) is 13.4. The predicted octanol–water partition coefficient (Wildman–Crippen LogP) is 2.61. The third kappa shape index (κ3) is 4.61. The van der Waals surface area contributed by atoms with Gasteiger partial charge in [0.25, 0.3) is 0 Å². The molecule has 1 aliphatic rings. The van der Waals surface area contributed by atoms with Crippen molar-refractivity contribution in [2.75, 3.05) is 26.7 Å². The zero-order chi connectivity index (χ0) is 15.2. The fourth-order valence-corrected chi connectivity index (χ4v) is 2.96. The molecule has 4 nitrogen and oxygen atoms in total. The van der Waals surface area contributed by atoms with Crippen LogP contribution in [0.3, 0.4) is 0 Å². The third-order valence-electron chi connectivity index (χ3n) is 4.11. The van der Waals surface area contributed by atoms with E-state index in [-0.39, 0.29) is 5.75 Å². The maximum atomic E-state index is 10.2. The average Bonchev–Trinajstić information content (AvgIpc) is 2.48. The normalized spacial score (nSPS) is 19.9. The molecule has 0 spiro atoms. The van der Waals surface area contributed by atoms with Gasteiger partial charge in [0.05, 0.1) is 7.11 Å². The molecular formula is C17H28N2O2. The van der Waals surface area contributed by atoms with Crippen LogP contribution in [0.15, 0.2) is 18.2 Å². The number of ether oxygens (including phenoxy) is 1. The van der Waals surface area contributed by atoms with E-state index in [1.54, 1.807) is 13.2 Å². The molecule has 1 saturated heterocycles. The Morgan fingerprint density at radius 1 is 1.43 bits per heavy atom. The Kier molecular flexibility index (Phi) is 5.88. The van der Waals surface area contributed by atoms with Crippen molar-refractivity contribution in [2.24, 2.45) is 5.92 Å². The van der Waals surface area contributed by atoms with Crippen molar-refractivity contribution in [1.82, 2.24) is 10.2 Å². The van der Waals surface area contributed by atoms with Crippen LogP contribution in [0.1, 0.15) is 32.3 Å². The van der Waals surface area contributed by atoms with E-state index in [0.717, 1.165) is 31.7 Å². The molecule has 2 rings (SSSR count). The summed E-state index contributed by atoms with van der Waals surface area (Å²) in [5, 5.41) is 13.7. The summed E-state index contributed by atoms with van der Waals surface area (Å²) in [5.41, 5.74) is 0.951. The number of para-hydroxylation sites is 1. The second-order valence-corrected chi connectivity index (χ2v) is 6.27. The van der Waals surface area contributed by atoms with Crippen molar-refractivity contribution in [3.05, 3.63) is 23.8 Å². The van der Waals surface area contributed by atoms with Crippen molar-refractivity contribution in [3.8, 4) is 11.5 Å². The molecule has 1 unspecified atom stereocenters. The number of rotatable bonds is 6. The molecule has 0 aromatic heterocycles. The zero-order valence-corrected chi connectivity index (χ0v) is 13.4. The monoisotopic (exact) mass is 292 g/mol. The number of hydrogen-bond acceptors (Lipinski definition) is 4. The van der Waals surface area contributed by atoms with E-state index in [0.29, 0.717) is 17.7 Å². The van der Waals surface area contributed by atoms with Crippen molar-refractivity contribution in [3.63, 3.8) is 0 Å². The van der Waals surface area contributed by atoms with Crippen molar-refractivity contribution in [2.45, 2.75) is 39.3 Å². The van der Waals surface area contributed by atoms with Gasteiger partial charge in [0.15, 0.2) is 11.5 Å². The minimum absolute atomic E-state index is 0.280. The lowest BCUT2D eigenvalue weighted by Crippen LogP contribution is -2.40. The van der Waals surface area contributed by atoms with Gasteiger partial charge < -0.3 is 15.2 Å². The maximum absolute atomic E-state index is 10.2. The summed E-state index contributed by atoms with van der Waals surface area (Å²) in [6.45, 7) is 8.45. The molecule has 0 bridgehead atoms. The number of nitrogens with zero attached hydrogens (tertiary/aromatic N) is 1. The smallest absolute Gasteiger partial charge is 0.162 e. The highest BCUT2D eigenvalue weighted by atomic mass is 16.5. The lowest BCUT2D eigenvalue weighted by atomic mass is 9.97. The van der Waals surface area contributed by atoms with E-state index in [1.165, 1.54) is 12.8 Å². The van der Waals surface area contributed by atoms with Crippen LogP contribution < -0.4 is 10.1 Å². The van der Waals surface area contributed by atoms with Crippen LogP contribution in [0, 0.1) is 5.92 Å². The van der Waals surface area contributed by atoms with E-state index >= 15 is 0 Å². The van der Waals surface area contributed by atoms with Crippen molar-refractivity contribution < 1.29 is 9.84 Å². The molecule has 1 aromatic rings. The van der Waals surface area contributed by atoms with Crippen LogP contribution in [0.4, 0.5) is 0 Å². The topological polar surface area (TPSA) is 44.7 Å². The number of hydrogen-bond donors (Lipinski definition) is 2. The lowest BCUT2D eigenvalue weighted by molar-refractivity contribution is 0.162. The summed E-state index contributed by atoms with van der Waals surface area (Å²) in [5.74, 6) is 1.54. The highest BCUT2D eigenvalue weighted by Gasteiger charge is 2.21. The number of benzene rings is 1. The van der Waals surface area contributed by atoms with Gasteiger partial charge in [0.2, 0.25) is 0 Å². The molecule has 0 aliphatic carbocycles. The molecule has 1 heterocycles. The average molecular weight is 292 g/mol. The number of aromatic hydroxyl groups is 1. The molecule has 0 radical (unpaired) electrons. The van der Waals surface area contributed by atoms with Crippen molar-refractivity contribution >= 4 is 0 Å². The second kappa shape index (κ2) is 7.66. The van der Waals surface area contributed by atoms with Gasteiger partial charge >= 0.3 is 0 Å². The molecule has 1 aromatic carbocycles. The first-order valence-electron chi connectivity index (χ1n) is 7.90. The second-order valence-electron chi connectivity index (χ2n) is 6.27. The number of phenols is 1. The molecule has 0 amide bonds. The summed E-state index contributed by atoms with van der Waals surface area (Å²) in [6.07, 6.45) is 2.52.